The Kier molecular flexibility index (Phi) is 4.99. The molecule has 0 spiro atoms. The minimum absolute atomic E-state index is 0.0294. The first-order chi connectivity index (χ1) is 11.7. The minimum atomic E-state index is 0.0294. The highest BCUT2D eigenvalue weighted by molar-refractivity contribution is 5.94. The lowest BCUT2D eigenvalue weighted by atomic mass is 10.0. The molecule has 0 unspecified atom stereocenters. The third-order valence-corrected chi connectivity index (χ3v) is 4.55. The number of likely N-dealkylation sites (N-methyl/N-ethyl adjacent to an activating group) is 1. The van der Waals surface area contributed by atoms with E-state index in [-0.39, 0.29) is 11.9 Å². The third-order valence-electron chi connectivity index (χ3n) is 4.55. The van der Waals surface area contributed by atoms with Crippen molar-refractivity contribution in [3.05, 3.63) is 54.2 Å². The molecule has 2 heterocycles. The summed E-state index contributed by atoms with van der Waals surface area (Å²) in [6.45, 7) is 1.79. The van der Waals surface area contributed by atoms with E-state index in [1.807, 2.05) is 54.5 Å². The first-order valence-corrected chi connectivity index (χ1v) is 8.26. The lowest BCUT2D eigenvalue weighted by Crippen LogP contribution is -2.48. The first kappa shape index (κ1) is 16.3. The van der Waals surface area contributed by atoms with E-state index in [9.17, 15) is 4.79 Å². The van der Waals surface area contributed by atoms with Crippen molar-refractivity contribution in [1.29, 1.82) is 0 Å². The van der Waals surface area contributed by atoms with Gasteiger partial charge in [0.1, 0.15) is 11.6 Å². The summed E-state index contributed by atoms with van der Waals surface area (Å²) in [7, 11) is 3.49. The zero-order chi connectivity index (χ0) is 16.9. The Labute approximate surface area is 142 Å². The maximum absolute atomic E-state index is 12.8. The molecule has 1 aliphatic heterocycles. The van der Waals surface area contributed by atoms with Gasteiger partial charge in [-0.15, -0.1) is 0 Å². The van der Waals surface area contributed by atoms with E-state index in [1.54, 1.807) is 13.2 Å². The summed E-state index contributed by atoms with van der Waals surface area (Å²) in [4.78, 5) is 21.3. The van der Waals surface area contributed by atoms with Gasteiger partial charge in [0.15, 0.2) is 0 Å². The molecule has 5 nitrogen and oxygen atoms in total. The first-order valence-electron chi connectivity index (χ1n) is 8.26. The van der Waals surface area contributed by atoms with Gasteiger partial charge >= 0.3 is 0 Å². The van der Waals surface area contributed by atoms with Gasteiger partial charge in [-0.05, 0) is 43.2 Å². The predicted octanol–water partition coefficient (Wildman–Crippen LogP) is 2.83. The Morgan fingerprint density at radius 1 is 1.29 bits per heavy atom. The minimum Gasteiger partial charge on any atom is -0.497 e. The molecule has 24 heavy (non-hydrogen) atoms. The molecular weight excluding hydrogens is 302 g/mol. The molecule has 1 atom stereocenters. The molecule has 3 rings (SSSR count). The number of aromatic nitrogens is 1. The van der Waals surface area contributed by atoms with Gasteiger partial charge in [0, 0.05) is 37.9 Å². The van der Waals surface area contributed by atoms with E-state index in [0.29, 0.717) is 11.3 Å². The van der Waals surface area contributed by atoms with Crippen molar-refractivity contribution in [3.8, 4) is 5.75 Å². The van der Waals surface area contributed by atoms with E-state index >= 15 is 0 Å². The van der Waals surface area contributed by atoms with Gasteiger partial charge in [-0.1, -0.05) is 12.1 Å². The zero-order valence-electron chi connectivity index (χ0n) is 14.2. The van der Waals surface area contributed by atoms with Crippen LogP contribution >= 0.6 is 0 Å². The molecule has 5 heteroatoms. The lowest BCUT2D eigenvalue weighted by Gasteiger charge is -2.38. The maximum atomic E-state index is 12.8. The summed E-state index contributed by atoms with van der Waals surface area (Å²) in [5.41, 5.74) is 0.659. The molecule has 2 aromatic rings. The molecule has 1 amide bonds. The Hall–Kier alpha value is -2.56. The number of ether oxygens (including phenoxy) is 1. The van der Waals surface area contributed by atoms with Crippen LogP contribution in [0.4, 0.5) is 5.82 Å². The van der Waals surface area contributed by atoms with Crippen molar-refractivity contribution in [3.63, 3.8) is 0 Å². The normalized spacial score (nSPS) is 17.4. The van der Waals surface area contributed by atoms with E-state index in [4.69, 9.17) is 4.74 Å². The second kappa shape index (κ2) is 7.34. The number of carbonyl (C=O) groups excluding carboxylic acids is 1. The van der Waals surface area contributed by atoms with Gasteiger partial charge < -0.3 is 14.5 Å². The van der Waals surface area contributed by atoms with Gasteiger partial charge in [0.2, 0.25) is 0 Å². The second-order valence-corrected chi connectivity index (χ2v) is 6.08. The topological polar surface area (TPSA) is 45.7 Å². The van der Waals surface area contributed by atoms with Crippen LogP contribution < -0.4 is 9.64 Å². The standard InChI is InChI=1S/C19H23N3O2/c1-21(19(23)15-7-5-9-17(13-15)24-2)16-8-6-12-22(14-16)18-10-3-4-11-20-18/h3-5,7,9-11,13,16H,6,8,12,14H2,1-2H3/t16-/m1/s1. The predicted molar refractivity (Wildman–Crippen MR) is 94.6 cm³/mol. The number of benzene rings is 1. The Balaban J connectivity index is 1.71. The molecular formula is C19H23N3O2. The molecule has 1 saturated heterocycles. The average Bonchev–Trinajstić information content (AvgIpc) is 2.67. The molecule has 1 fully saturated rings. The van der Waals surface area contributed by atoms with Crippen molar-refractivity contribution in [2.45, 2.75) is 18.9 Å². The monoisotopic (exact) mass is 325 g/mol. The van der Waals surface area contributed by atoms with Crippen LogP contribution in [-0.4, -0.2) is 49.1 Å². The summed E-state index contributed by atoms with van der Waals surface area (Å²) < 4.78 is 5.22. The molecule has 126 valence electrons. The van der Waals surface area contributed by atoms with Gasteiger partial charge in [-0.2, -0.15) is 0 Å². The number of nitrogens with zero attached hydrogens (tertiary/aromatic N) is 3. The molecule has 0 radical (unpaired) electrons. The molecule has 1 aromatic carbocycles. The van der Waals surface area contributed by atoms with Crippen LogP contribution in [0.3, 0.4) is 0 Å². The smallest absolute Gasteiger partial charge is 0.254 e. The Bertz CT molecular complexity index is 690. The fourth-order valence-electron chi connectivity index (χ4n) is 3.15. The van der Waals surface area contributed by atoms with Crippen LogP contribution in [0.15, 0.2) is 48.7 Å². The number of anilines is 1. The summed E-state index contributed by atoms with van der Waals surface area (Å²) in [5.74, 6) is 1.71. The SMILES string of the molecule is COc1cccc(C(=O)N(C)[C@@H]2CCCN(c3ccccn3)C2)c1. The summed E-state index contributed by atoms with van der Waals surface area (Å²) in [6.07, 6.45) is 3.87. The van der Waals surface area contributed by atoms with Gasteiger partial charge in [0.05, 0.1) is 7.11 Å². The zero-order valence-corrected chi connectivity index (χ0v) is 14.2. The number of pyridine rings is 1. The molecule has 0 saturated carbocycles. The largest absolute Gasteiger partial charge is 0.497 e. The fourth-order valence-corrected chi connectivity index (χ4v) is 3.15. The van der Waals surface area contributed by atoms with Crippen molar-refractivity contribution in [2.24, 2.45) is 0 Å². The third kappa shape index (κ3) is 3.50. The van der Waals surface area contributed by atoms with Crippen molar-refractivity contribution in [2.75, 3.05) is 32.1 Å². The van der Waals surface area contributed by atoms with Crippen LogP contribution in [0.2, 0.25) is 0 Å². The highest BCUT2D eigenvalue weighted by Crippen LogP contribution is 2.22. The van der Waals surface area contributed by atoms with Gasteiger partial charge in [-0.25, -0.2) is 4.98 Å². The van der Waals surface area contributed by atoms with Crippen molar-refractivity contribution >= 4 is 11.7 Å². The number of hydrogen-bond acceptors (Lipinski definition) is 4. The lowest BCUT2D eigenvalue weighted by molar-refractivity contribution is 0.0717. The number of carbonyl (C=O) groups is 1. The number of piperidine rings is 1. The summed E-state index contributed by atoms with van der Waals surface area (Å²) in [5, 5.41) is 0. The van der Waals surface area contributed by atoms with Crippen molar-refractivity contribution < 1.29 is 9.53 Å². The number of methoxy groups -OCH3 is 1. The molecule has 0 bridgehead atoms. The molecule has 1 aliphatic rings. The fraction of sp³-hybridized carbons (Fsp3) is 0.368. The summed E-state index contributed by atoms with van der Waals surface area (Å²) in [6, 6.07) is 13.4. The van der Waals surface area contributed by atoms with E-state index in [1.165, 1.54) is 0 Å². The highest BCUT2D eigenvalue weighted by atomic mass is 16.5. The second-order valence-electron chi connectivity index (χ2n) is 6.08. The summed E-state index contributed by atoms with van der Waals surface area (Å²) >= 11 is 0. The van der Waals surface area contributed by atoms with Gasteiger partial charge in [0.25, 0.3) is 5.91 Å². The van der Waals surface area contributed by atoms with Crippen LogP contribution in [0, 0.1) is 0 Å². The van der Waals surface area contributed by atoms with E-state index < -0.39 is 0 Å². The average molecular weight is 325 g/mol. The van der Waals surface area contributed by atoms with Gasteiger partial charge in [-0.3, -0.25) is 4.79 Å². The molecule has 0 aliphatic carbocycles. The Morgan fingerprint density at radius 2 is 2.17 bits per heavy atom. The van der Waals surface area contributed by atoms with E-state index in [2.05, 4.69) is 9.88 Å². The number of hydrogen-bond donors (Lipinski definition) is 0. The maximum Gasteiger partial charge on any atom is 0.254 e. The number of amides is 1. The van der Waals surface area contributed by atoms with Crippen LogP contribution in [0.25, 0.3) is 0 Å². The quantitative estimate of drug-likeness (QED) is 0.867. The van der Waals surface area contributed by atoms with Crippen molar-refractivity contribution in [1.82, 2.24) is 9.88 Å². The molecule has 0 N–H and O–H groups in total. The highest BCUT2D eigenvalue weighted by Gasteiger charge is 2.27. The van der Waals surface area contributed by atoms with Crippen LogP contribution in [0.1, 0.15) is 23.2 Å². The van der Waals surface area contributed by atoms with Crippen LogP contribution in [-0.2, 0) is 0 Å². The number of rotatable bonds is 4. The van der Waals surface area contributed by atoms with Crippen LogP contribution in [0.5, 0.6) is 5.75 Å². The molecule has 1 aromatic heterocycles. The van der Waals surface area contributed by atoms with E-state index in [0.717, 1.165) is 31.7 Å². The Morgan fingerprint density at radius 3 is 2.92 bits per heavy atom.